The van der Waals surface area contributed by atoms with E-state index in [9.17, 15) is 4.79 Å². The molecule has 0 aliphatic carbocycles. The molecule has 0 aliphatic rings. The summed E-state index contributed by atoms with van der Waals surface area (Å²) in [5.74, 6) is 1.10. The maximum absolute atomic E-state index is 10.7. The summed E-state index contributed by atoms with van der Waals surface area (Å²) in [5.41, 5.74) is 0.323. The van der Waals surface area contributed by atoms with Crippen molar-refractivity contribution in [3.8, 4) is 0 Å². The van der Waals surface area contributed by atoms with Crippen LogP contribution < -0.4 is 0 Å². The van der Waals surface area contributed by atoms with Crippen molar-refractivity contribution in [3.05, 3.63) is 48.0 Å². The van der Waals surface area contributed by atoms with E-state index in [0.717, 1.165) is 22.9 Å². The highest BCUT2D eigenvalue weighted by molar-refractivity contribution is 7.99. The SMILES string of the molecule is Cn1ccnc1CCSc1ccc(C(=O)O)cc1. The number of aryl methyl sites for hydroxylation is 2. The predicted molar refractivity (Wildman–Crippen MR) is 71.0 cm³/mol. The molecule has 1 aromatic heterocycles. The van der Waals surface area contributed by atoms with Crippen molar-refractivity contribution >= 4 is 17.7 Å². The minimum Gasteiger partial charge on any atom is -0.478 e. The molecular weight excluding hydrogens is 248 g/mol. The molecule has 0 fully saturated rings. The second-order valence-corrected chi connectivity index (χ2v) is 5.05. The largest absolute Gasteiger partial charge is 0.478 e. The fourth-order valence-electron chi connectivity index (χ4n) is 1.59. The van der Waals surface area contributed by atoms with Crippen molar-refractivity contribution < 1.29 is 9.90 Å². The van der Waals surface area contributed by atoms with Crippen LogP contribution in [-0.4, -0.2) is 26.4 Å². The summed E-state index contributed by atoms with van der Waals surface area (Å²) in [6, 6.07) is 6.94. The van der Waals surface area contributed by atoms with Crippen molar-refractivity contribution in [2.24, 2.45) is 7.05 Å². The number of rotatable bonds is 5. The summed E-state index contributed by atoms with van der Waals surface area (Å²) in [6.45, 7) is 0. The minimum absolute atomic E-state index is 0.323. The van der Waals surface area contributed by atoms with E-state index in [1.165, 1.54) is 0 Å². The Hall–Kier alpha value is -1.75. The highest BCUT2D eigenvalue weighted by atomic mass is 32.2. The van der Waals surface area contributed by atoms with E-state index >= 15 is 0 Å². The van der Waals surface area contributed by atoms with Gasteiger partial charge in [0.15, 0.2) is 0 Å². The molecule has 0 saturated carbocycles. The fraction of sp³-hybridized carbons (Fsp3) is 0.231. The lowest BCUT2D eigenvalue weighted by atomic mass is 10.2. The topological polar surface area (TPSA) is 55.1 Å². The van der Waals surface area contributed by atoms with Crippen LogP contribution in [0, 0.1) is 0 Å². The first kappa shape index (κ1) is 12.7. The van der Waals surface area contributed by atoms with Crippen molar-refractivity contribution in [1.82, 2.24) is 9.55 Å². The second-order valence-electron chi connectivity index (χ2n) is 3.88. The average Bonchev–Trinajstić information content (AvgIpc) is 2.76. The van der Waals surface area contributed by atoms with Gasteiger partial charge in [0.25, 0.3) is 0 Å². The number of thioether (sulfide) groups is 1. The quantitative estimate of drug-likeness (QED) is 0.841. The van der Waals surface area contributed by atoms with Gasteiger partial charge in [0.05, 0.1) is 5.56 Å². The lowest BCUT2D eigenvalue weighted by molar-refractivity contribution is 0.0697. The standard InChI is InChI=1S/C13H14N2O2S/c1-15-8-7-14-12(15)6-9-18-11-4-2-10(3-5-11)13(16)17/h2-5,7-8H,6,9H2,1H3,(H,16,17). The Bertz CT molecular complexity index is 534. The molecule has 0 spiro atoms. The van der Waals surface area contributed by atoms with Crippen LogP contribution in [0.5, 0.6) is 0 Å². The molecular formula is C13H14N2O2S. The zero-order valence-electron chi connectivity index (χ0n) is 10.0. The van der Waals surface area contributed by atoms with Gasteiger partial charge < -0.3 is 9.67 Å². The van der Waals surface area contributed by atoms with Crippen LogP contribution >= 0.6 is 11.8 Å². The molecule has 4 nitrogen and oxygen atoms in total. The normalized spacial score (nSPS) is 10.5. The first-order chi connectivity index (χ1) is 8.66. The van der Waals surface area contributed by atoms with E-state index in [1.54, 1.807) is 30.1 Å². The zero-order chi connectivity index (χ0) is 13.0. The van der Waals surface area contributed by atoms with Gasteiger partial charge >= 0.3 is 5.97 Å². The Morgan fingerprint density at radius 1 is 1.39 bits per heavy atom. The van der Waals surface area contributed by atoms with E-state index in [0.29, 0.717) is 5.56 Å². The number of benzene rings is 1. The van der Waals surface area contributed by atoms with Crippen LogP contribution in [0.15, 0.2) is 41.6 Å². The Labute approximate surface area is 110 Å². The summed E-state index contributed by atoms with van der Waals surface area (Å²) in [7, 11) is 1.98. The molecule has 5 heteroatoms. The number of carbonyl (C=O) groups is 1. The predicted octanol–water partition coefficient (Wildman–Crippen LogP) is 2.45. The molecule has 0 amide bonds. The molecule has 1 aromatic carbocycles. The molecule has 0 unspecified atom stereocenters. The molecule has 2 rings (SSSR count). The van der Waals surface area contributed by atoms with Gasteiger partial charge in [0, 0.05) is 36.5 Å². The lowest BCUT2D eigenvalue weighted by Gasteiger charge is -2.03. The summed E-state index contributed by atoms with van der Waals surface area (Å²) in [4.78, 5) is 16.0. The Balaban J connectivity index is 1.87. The number of aromatic nitrogens is 2. The van der Waals surface area contributed by atoms with E-state index in [2.05, 4.69) is 4.98 Å². The highest BCUT2D eigenvalue weighted by Crippen LogP contribution is 2.19. The van der Waals surface area contributed by atoms with Crippen molar-refractivity contribution in [1.29, 1.82) is 0 Å². The maximum atomic E-state index is 10.7. The number of hydrogen-bond acceptors (Lipinski definition) is 3. The Morgan fingerprint density at radius 3 is 2.67 bits per heavy atom. The van der Waals surface area contributed by atoms with E-state index in [1.807, 2.05) is 29.9 Å². The van der Waals surface area contributed by atoms with Crippen molar-refractivity contribution in [2.75, 3.05) is 5.75 Å². The van der Waals surface area contributed by atoms with Gasteiger partial charge in [-0.25, -0.2) is 9.78 Å². The first-order valence-corrected chi connectivity index (χ1v) is 6.58. The molecule has 0 aliphatic heterocycles. The first-order valence-electron chi connectivity index (χ1n) is 5.59. The molecule has 0 saturated heterocycles. The zero-order valence-corrected chi connectivity index (χ0v) is 10.9. The lowest BCUT2D eigenvalue weighted by Crippen LogP contribution is -1.99. The van der Waals surface area contributed by atoms with Crippen molar-refractivity contribution in [2.45, 2.75) is 11.3 Å². The van der Waals surface area contributed by atoms with E-state index in [-0.39, 0.29) is 0 Å². The monoisotopic (exact) mass is 262 g/mol. The summed E-state index contributed by atoms with van der Waals surface area (Å²) >= 11 is 1.70. The number of carboxylic acid groups (broad SMARTS) is 1. The summed E-state index contributed by atoms with van der Waals surface area (Å²) in [5, 5.41) is 8.79. The molecule has 0 atom stereocenters. The van der Waals surface area contributed by atoms with E-state index in [4.69, 9.17) is 5.11 Å². The molecule has 1 heterocycles. The Morgan fingerprint density at radius 2 is 2.11 bits per heavy atom. The third-order valence-corrected chi connectivity index (χ3v) is 3.63. The number of hydrogen-bond donors (Lipinski definition) is 1. The summed E-state index contributed by atoms with van der Waals surface area (Å²) < 4.78 is 2.01. The molecule has 2 aromatic rings. The van der Waals surface area contributed by atoms with Gasteiger partial charge in [0.2, 0.25) is 0 Å². The minimum atomic E-state index is -0.889. The fourth-order valence-corrected chi connectivity index (χ4v) is 2.44. The van der Waals surface area contributed by atoms with Gasteiger partial charge in [0.1, 0.15) is 5.82 Å². The molecule has 94 valence electrons. The number of nitrogens with zero attached hydrogens (tertiary/aromatic N) is 2. The molecule has 18 heavy (non-hydrogen) atoms. The Kier molecular flexibility index (Phi) is 4.04. The van der Waals surface area contributed by atoms with Crippen LogP contribution in [0.4, 0.5) is 0 Å². The second kappa shape index (κ2) is 5.73. The van der Waals surface area contributed by atoms with Crippen LogP contribution in [0.25, 0.3) is 0 Å². The van der Waals surface area contributed by atoms with Crippen LogP contribution in [0.1, 0.15) is 16.2 Å². The van der Waals surface area contributed by atoms with Gasteiger partial charge in [-0.3, -0.25) is 0 Å². The average molecular weight is 262 g/mol. The van der Waals surface area contributed by atoms with Gasteiger partial charge in [-0.2, -0.15) is 0 Å². The molecule has 0 radical (unpaired) electrons. The van der Waals surface area contributed by atoms with Crippen LogP contribution in [0.2, 0.25) is 0 Å². The van der Waals surface area contributed by atoms with Crippen molar-refractivity contribution in [3.63, 3.8) is 0 Å². The number of imidazole rings is 1. The van der Waals surface area contributed by atoms with Gasteiger partial charge in [-0.05, 0) is 24.3 Å². The van der Waals surface area contributed by atoms with Crippen LogP contribution in [0.3, 0.4) is 0 Å². The van der Waals surface area contributed by atoms with E-state index < -0.39 is 5.97 Å². The summed E-state index contributed by atoms with van der Waals surface area (Å²) in [6.07, 6.45) is 4.62. The van der Waals surface area contributed by atoms with Gasteiger partial charge in [-0.1, -0.05) is 0 Å². The van der Waals surface area contributed by atoms with Crippen LogP contribution in [-0.2, 0) is 13.5 Å². The number of carboxylic acids is 1. The number of aromatic carboxylic acids is 1. The molecule has 1 N–H and O–H groups in total. The highest BCUT2D eigenvalue weighted by Gasteiger charge is 2.03. The maximum Gasteiger partial charge on any atom is 0.335 e. The third-order valence-electron chi connectivity index (χ3n) is 2.62. The molecule has 0 bridgehead atoms. The third kappa shape index (κ3) is 3.13. The smallest absolute Gasteiger partial charge is 0.335 e. The van der Waals surface area contributed by atoms with Gasteiger partial charge in [-0.15, -0.1) is 11.8 Å².